The number of pyridine rings is 2. The summed E-state index contributed by atoms with van der Waals surface area (Å²) in [7, 11) is 0. The third kappa shape index (κ3) is 5.70. The van der Waals surface area contributed by atoms with Gasteiger partial charge in [-0.2, -0.15) is 31.9 Å². The van der Waals surface area contributed by atoms with E-state index in [-0.39, 0.29) is 48.2 Å². The first-order valence-corrected chi connectivity index (χ1v) is 15.0. The van der Waals surface area contributed by atoms with E-state index in [0.717, 1.165) is 45.1 Å². The molecule has 0 spiro atoms. The molecule has 0 aliphatic carbocycles. The summed E-state index contributed by atoms with van der Waals surface area (Å²) in [6.45, 7) is 3.31. The second-order valence-electron chi connectivity index (χ2n) is 11.9. The summed E-state index contributed by atoms with van der Waals surface area (Å²) in [5.74, 6) is -0.0484. The summed E-state index contributed by atoms with van der Waals surface area (Å²) in [6, 6.07) is 0.751. The van der Waals surface area contributed by atoms with Gasteiger partial charge in [-0.15, -0.1) is 0 Å². The Hall–Kier alpha value is -3.13. The van der Waals surface area contributed by atoms with E-state index in [1.807, 2.05) is 9.80 Å². The van der Waals surface area contributed by atoms with Crippen molar-refractivity contribution in [3.63, 3.8) is 0 Å². The summed E-state index contributed by atoms with van der Waals surface area (Å²) < 4.78 is 94.0. The maximum absolute atomic E-state index is 15.4. The molecule has 3 fully saturated rings. The van der Waals surface area contributed by atoms with Crippen molar-refractivity contribution < 1.29 is 31.1 Å². The van der Waals surface area contributed by atoms with Crippen LogP contribution >= 0.6 is 11.6 Å². The first-order chi connectivity index (χ1) is 20.8. The minimum atomic E-state index is -4.96. The molecular weight excluding hydrogens is 612 g/mol. The van der Waals surface area contributed by atoms with E-state index in [2.05, 4.69) is 19.9 Å². The van der Waals surface area contributed by atoms with Gasteiger partial charge < -0.3 is 15.4 Å². The van der Waals surface area contributed by atoms with Gasteiger partial charge in [-0.05, 0) is 62.4 Å². The largest absolute Gasteiger partial charge is 0.461 e. The molecule has 0 unspecified atom stereocenters. The van der Waals surface area contributed by atoms with Gasteiger partial charge >= 0.3 is 17.6 Å². The summed E-state index contributed by atoms with van der Waals surface area (Å²) in [5.41, 5.74) is 0.470. The molecule has 3 aliphatic rings. The second kappa shape index (κ2) is 11.3. The molecule has 6 rings (SSSR count). The average molecular weight is 644 g/mol. The van der Waals surface area contributed by atoms with Gasteiger partial charge in [0, 0.05) is 32.3 Å². The van der Waals surface area contributed by atoms with Crippen LogP contribution in [0.5, 0.6) is 6.01 Å². The molecule has 6 heterocycles. The Morgan fingerprint density at radius 3 is 2.41 bits per heavy atom. The van der Waals surface area contributed by atoms with Gasteiger partial charge in [0.2, 0.25) is 0 Å². The van der Waals surface area contributed by atoms with Crippen molar-refractivity contribution in [2.45, 2.75) is 75.1 Å². The molecule has 0 bridgehead atoms. The van der Waals surface area contributed by atoms with Crippen LogP contribution in [-0.2, 0) is 11.6 Å². The second-order valence-corrected chi connectivity index (χ2v) is 12.4. The van der Waals surface area contributed by atoms with Crippen LogP contribution in [0.4, 0.5) is 38.0 Å². The third-order valence-corrected chi connectivity index (χ3v) is 9.05. The monoisotopic (exact) mass is 643 g/mol. The van der Waals surface area contributed by atoms with Crippen LogP contribution in [0.25, 0.3) is 22.3 Å². The van der Waals surface area contributed by atoms with Gasteiger partial charge in [0.05, 0.1) is 27.6 Å². The number of aromatic nitrogens is 4. The zero-order valence-corrected chi connectivity index (χ0v) is 24.8. The molecule has 0 saturated carbocycles. The molecule has 15 heteroatoms. The lowest BCUT2D eigenvalue weighted by Gasteiger charge is -2.31. The van der Waals surface area contributed by atoms with E-state index in [1.165, 1.54) is 6.20 Å². The lowest BCUT2D eigenvalue weighted by atomic mass is 9.95. The van der Waals surface area contributed by atoms with E-state index < -0.39 is 51.3 Å². The summed E-state index contributed by atoms with van der Waals surface area (Å²) >= 11 is 5.65. The molecule has 0 amide bonds. The maximum Gasteiger partial charge on any atom is 0.418 e. The van der Waals surface area contributed by atoms with Crippen LogP contribution in [0.1, 0.15) is 61.6 Å². The molecule has 3 aliphatic heterocycles. The van der Waals surface area contributed by atoms with E-state index in [9.17, 15) is 17.6 Å². The van der Waals surface area contributed by atoms with Crippen LogP contribution in [0.15, 0.2) is 12.3 Å². The number of hydrogen-bond donors (Lipinski definition) is 1. The van der Waals surface area contributed by atoms with E-state index >= 15 is 8.78 Å². The maximum atomic E-state index is 15.4. The molecule has 3 aromatic rings. The van der Waals surface area contributed by atoms with Gasteiger partial charge in [0.1, 0.15) is 35.8 Å². The Kier molecular flexibility index (Phi) is 7.96. The highest BCUT2D eigenvalue weighted by atomic mass is 35.5. The molecule has 0 aromatic carbocycles. The smallest absolute Gasteiger partial charge is 0.418 e. The minimum Gasteiger partial charge on any atom is -0.461 e. The van der Waals surface area contributed by atoms with Gasteiger partial charge in [-0.1, -0.05) is 12.8 Å². The molecule has 238 valence electrons. The van der Waals surface area contributed by atoms with Crippen molar-refractivity contribution in [3.8, 4) is 17.4 Å². The molecule has 3 aromatic heterocycles. The minimum absolute atomic E-state index is 0.0249. The Balaban J connectivity index is 1.56. The Morgan fingerprint density at radius 1 is 1.00 bits per heavy atom. The van der Waals surface area contributed by atoms with Crippen molar-refractivity contribution in [1.82, 2.24) is 24.8 Å². The van der Waals surface area contributed by atoms with Crippen LogP contribution in [0, 0.1) is 6.92 Å². The van der Waals surface area contributed by atoms with Crippen molar-refractivity contribution in [1.29, 1.82) is 0 Å². The predicted octanol–water partition coefficient (Wildman–Crippen LogP) is 6.62. The molecule has 3 saturated heterocycles. The van der Waals surface area contributed by atoms with Crippen molar-refractivity contribution in [3.05, 3.63) is 29.0 Å². The highest BCUT2D eigenvalue weighted by molar-refractivity contribution is 6.23. The number of nitrogen functional groups attached to an aromatic ring is 1. The number of rotatable bonds is 6. The Labute approximate surface area is 255 Å². The van der Waals surface area contributed by atoms with Crippen LogP contribution in [0.2, 0.25) is 0 Å². The van der Waals surface area contributed by atoms with Crippen molar-refractivity contribution in [2.75, 3.05) is 43.4 Å². The quantitative estimate of drug-likeness (QED) is 0.237. The van der Waals surface area contributed by atoms with Crippen LogP contribution < -0.4 is 15.4 Å². The third-order valence-electron chi connectivity index (χ3n) is 8.87. The normalized spacial score (nSPS) is 23.3. The molecule has 0 radical (unpaired) electrons. The number of ether oxygens (including phenoxy) is 1. The zero-order valence-electron chi connectivity index (χ0n) is 24.0. The first kappa shape index (κ1) is 30.9. The van der Waals surface area contributed by atoms with Crippen molar-refractivity contribution >= 4 is 34.1 Å². The topological polar surface area (TPSA) is 93.3 Å². The lowest BCUT2D eigenvalue weighted by Crippen LogP contribution is -2.43. The number of nitrogens with two attached hydrogens (primary N) is 1. The van der Waals surface area contributed by atoms with E-state index in [4.69, 9.17) is 22.1 Å². The number of halogens is 7. The average Bonchev–Trinajstić information content (AvgIpc) is 3.30. The summed E-state index contributed by atoms with van der Waals surface area (Å²) in [5, 5.41) is -4.14. The number of anilines is 2. The summed E-state index contributed by atoms with van der Waals surface area (Å²) in [6.07, 6.45) is 0.596. The SMILES string of the molecule is Cc1cc(N)nc(-c2ncc3c(N4CCCCCC4)nc(OC[C@@]45CCCN4C[C@H](F)C5)nc3c2C(F)(F)Cl)c1C(F)(F)F. The first-order valence-electron chi connectivity index (χ1n) is 14.7. The Bertz CT molecular complexity index is 1560. The van der Waals surface area contributed by atoms with Crippen molar-refractivity contribution in [2.24, 2.45) is 0 Å². The molecule has 2 atom stereocenters. The van der Waals surface area contributed by atoms with E-state index in [1.54, 1.807) is 0 Å². The standard InChI is InChI=1S/C29H32ClF6N7O/c1-16-11-19(37)39-24(20(16)29(34,35)36)23-21(28(30,32)33)22-18(13-38-23)25(42-8-4-2-3-5-9-42)41-26(40-22)44-15-27-7-6-10-43(27)14-17(31)12-27/h11,13,17H,2-10,12,14-15H2,1H3,(H2,37,39)/t17-,27+/m1/s1. The number of alkyl halides is 7. The van der Waals surface area contributed by atoms with Gasteiger partial charge in [-0.3, -0.25) is 9.88 Å². The fraction of sp³-hybridized carbons (Fsp3) is 0.586. The number of fused-ring (bicyclic) bond motifs is 2. The fourth-order valence-electron chi connectivity index (χ4n) is 6.96. The van der Waals surface area contributed by atoms with Crippen LogP contribution in [0.3, 0.4) is 0 Å². The summed E-state index contributed by atoms with van der Waals surface area (Å²) in [4.78, 5) is 20.8. The molecular formula is C29H32ClF6N7O. The van der Waals surface area contributed by atoms with Gasteiger partial charge in [0.25, 0.3) is 0 Å². The number of aryl methyl sites for hydroxylation is 1. The Morgan fingerprint density at radius 2 is 1.73 bits per heavy atom. The highest BCUT2D eigenvalue weighted by Gasteiger charge is 2.49. The zero-order chi connectivity index (χ0) is 31.4. The number of nitrogens with zero attached hydrogens (tertiary/aromatic N) is 6. The predicted molar refractivity (Wildman–Crippen MR) is 154 cm³/mol. The fourth-order valence-corrected chi connectivity index (χ4v) is 7.14. The molecule has 44 heavy (non-hydrogen) atoms. The molecule has 8 nitrogen and oxygen atoms in total. The number of hydrogen-bond acceptors (Lipinski definition) is 8. The molecule has 2 N–H and O–H groups in total. The van der Waals surface area contributed by atoms with E-state index in [0.29, 0.717) is 26.1 Å². The van der Waals surface area contributed by atoms with Gasteiger partial charge in [0.15, 0.2) is 0 Å². The highest BCUT2D eigenvalue weighted by Crippen LogP contribution is 2.47. The van der Waals surface area contributed by atoms with Crippen LogP contribution in [-0.4, -0.2) is 69.3 Å². The van der Waals surface area contributed by atoms with Gasteiger partial charge in [-0.25, -0.2) is 9.37 Å². The lowest BCUT2D eigenvalue weighted by molar-refractivity contribution is -0.137.